The van der Waals surface area contributed by atoms with E-state index in [0.717, 1.165) is 21.1 Å². The van der Waals surface area contributed by atoms with Crippen molar-refractivity contribution >= 4 is 49.5 Å². The molecule has 1 aromatic carbocycles. The molecule has 0 bridgehead atoms. The summed E-state index contributed by atoms with van der Waals surface area (Å²) in [4.78, 5) is 22.3. The maximum absolute atomic E-state index is 12.8. The van der Waals surface area contributed by atoms with Crippen molar-refractivity contribution in [3.8, 4) is 0 Å². The Morgan fingerprint density at radius 2 is 1.88 bits per heavy atom. The van der Waals surface area contributed by atoms with Crippen molar-refractivity contribution in [1.82, 2.24) is 14.4 Å². The van der Waals surface area contributed by atoms with Crippen LogP contribution in [0.15, 0.2) is 33.7 Å². The molecule has 4 rings (SSSR count). The SMILES string of the molecule is Cc1cc(C)c(C=c2sc3nc4cc(Br)cnc4n3c2=O)cc1C. The molecule has 0 aliphatic carbocycles. The summed E-state index contributed by atoms with van der Waals surface area (Å²) in [5.74, 6) is 0. The molecule has 0 radical (unpaired) electrons. The highest BCUT2D eigenvalue weighted by molar-refractivity contribution is 9.10. The largest absolute Gasteiger partial charge is 0.276 e. The molecular weight excluding hydrogens is 386 g/mol. The van der Waals surface area contributed by atoms with Crippen molar-refractivity contribution in [2.24, 2.45) is 0 Å². The van der Waals surface area contributed by atoms with Gasteiger partial charge in [-0.15, -0.1) is 0 Å². The molecule has 0 unspecified atom stereocenters. The van der Waals surface area contributed by atoms with E-state index in [1.54, 1.807) is 10.6 Å². The lowest BCUT2D eigenvalue weighted by molar-refractivity contribution is 1.15. The zero-order chi connectivity index (χ0) is 17.0. The van der Waals surface area contributed by atoms with Crippen molar-refractivity contribution < 1.29 is 0 Å². The lowest BCUT2D eigenvalue weighted by Gasteiger charge is -2.05. The van der Waals surface area contributed by atoms with Crippen molar-refractivity contribution in [3.63, 3.8) is 0 Å². The highest BCUT2D eigenvalue weighted by Crippen LogP contribution is 2.19. The molecule has 0 aliphatic heterocycles. The van der Waals surface area contributed by atoms with Gasteiger partial charge in [-0.2, -0.15) is 0 Å². The van der Waals surface area contributed by atoms with Crippen LogP contribution in [0.5, 0.6) is 0 Å². The van der Waals surface area contributed by atoms with Crippen LogP contribution in [-0.2, 0) is 0 Å². The van der Waals surface area contributed by atoms with Gasteiger partial charge >= 0.3 is 0 Å². The molecule has 0 atom stereocenters. The van der Waals surface area contributed by atoms with Gasteiger partial charge in [0.2, 0.25) is 0 Å². The van der Waals surface area contributed by atoms with Gasteiger partial charge in [0.25, 0.3) is 5.56 Å². The first kappa shape index (κ1) is 15.5. The molecule has 0 saturated heterocycles. The standard InChI is InChI=1S/C18H14BrN3OS/c1-9-4-11(3)12(5-10(9)2)6-15-17(23)22-16-14(21-18(22)24-15)7-13(19)8-20-16/h4-8H,1-3H3. The smallest absolute Gasteiger partial charge is 0.267 e. The van der Waals surface area contributed by atoms with E-state index in [4.69, 9.17) is 0 Å². The van der Waals surface area contributed by atoms with E-state index in [1.165, 1.54) is 22.5 Å². The molecule has 4 aromatic rings. The first-order valence-corrected chi connectivity index (χ1v) is 9.11. The third-order valence-corrected chi connectivity index (χ3v) is 5.62. The Kier molecular flexibility index (Phi) is 3.54. The summed E-state index contributed by atoms with van der Waals surface area (Å²) in [5, 5.41) is 0. The fourth-order valence-corrected chi connectivity index (χ4v) is 4.08. The maximum Gasteiger partial charge on any atom is 0.276 e. The van der Waals surface area contributed by atoms with Crippen LogP contribution in [0.1, 0.15) is 22.3 Å². The molecule has 0 saturated carbocycles. The van der Waals surface area contributed by atoms with Crippen LogP contribution in [0, 0.1) is 20.8 Å². The summed E-state index contributed by atoms with van der Waals surface area (Å²) in [5.41, 5.74) is 5.97. The number of rotatable bonds is 1. The molecular formula is C18H14BrN3OS. The maximum atomic E-state index is 12.8. The second-order valence-electron chi connectivity index (χ2n) is 5.93. The molecule has 0 fully saturated rings. The minimum Gasteiger partial charge on any atom is -0.267 e. The predicted octanol–water partition coefficient (Wildman–Crippen LogP) is 3.54. The minimum atomic E-state index is -0.0649. The van der Waals surface area contributed by atoms with Crippen LogP contribution in [0.4, 0.5) is 0 Å². The fraction of sp³-hybridized carbons (Fsp3) is 0.167. The van der Waals surface area contributed by atoms with E-state index in [9.17, 15) is 4.79 Å². The number of imidazole rings is 1. The van der Waals surface area contributed by atoms with Gasteiger partial charge in [-0.3, -0.25) is 4.79 Å². The van der Waals surface area contributed by atoms with E-state index in [2.05, 4.69) is 58.8 Å². The number of hydrogen-bond donors (Lipinski definition) is 0. The molecule has 0 amide bonds. The van der Waals surface area contributed by atoms with Crippen molar-refractivity contribution in [2.75, 3.05) is 0 Å². The number of nitrogens with zero attached hydrogens (tertiary/aromatic N) is 3. The van der Waals surface area contributed by atoms with Gasteiger partial charge in [0.05, 0.1) is 4.53 Å². The summed E-state index contributed by atoms with van der Waals surface area (Å²) >= 11 is 4.78. The molecule has 0 aliphatic rings. The van der Waals surface area contributed by atoms with Gasteiger partial charge < -0.3 is 0 Å². The highest BCUT2D eigenvalue weighted by Gasteiger charge is 2.12. The van der Waals surface area contributed by atoms with Gasteiger partial charge in [0.1, 0.15) is 5.52 Å². The number of halogens is 1. The molecule has 24 heavy (non-hydrogen) atoms. The van der Waals surface area contributed by atoms with E-state index in [0.29, 0.717) is 15.1 Å². The van der Waals surface area contributed by atoms with E-state index >= 15 is 0 Å². The predicted molar refractivity (Wildman–Crippen MR) is 102 cm³/mol. The third kappa shape index (κ3) is 2.37. The Bertz CT molecular complexity index is 1220. The topological polar surface area (TPSA) is 47.3 Å². The lowest BCUT2D eigenvalue weighted by atomic mass is 10.0. The first-order chi connectivity index (χ1) is 11.4. The van der Waals surface area contributed by atoms with Crippen LogP contribution < -0.4 is 10.1 Å². The zero-order valence-electron chi connectivity index (χ0n) is 13.4. The second kappa shape index (κ2) is 5.50. The summed E-state index contributed by atoms with van der Waals surface area (Å²) in [6, 6.07) is 6.15. The number of fused-ring (bicyclic) bond motifs is 3. The van der Waals surface area contributed by atoms with Crippen LogP contribution in [-0.4, -0.2) is 14.4 Å². The van der Waals surface area contributed by atoms with Crippen molar-refractivity contribution in [2.45, 2.75) is 20.8 Å². The van der Waals surface area contributed by atoms with E-state index in [1.807, 2.05) is 12.1 Å². The number of hydrogen-bond acceptors (Lipinski definition) is 4. The zero-order valence-corrected chi connectivity index (χ0v) is 15.8. The summed E-state index contributed by atoms with van der Waals surface area (Å²) in [7, 11) is 0. The highest BCUT2D eigenvalue weighted by atomic mass is 79.9. The van der Waals surface area contributed by atoms with Crippen LogP contribution in [0.25, 0.3) is 22.2 Å². The average molecular weight is 400 g/mol. The third-order valence-electron chi connectivity index (χ3n) is 4.22. The number of benzene rings is 1. The van der Waals surface area contributed by atoms with Gasteiger partial charge in [-0.25, -0.2) is 14.4 Å². The Balaban J connectivity index is 2.00. The molecule has 120 valence electrons. The summed E-state index contributed by atoms with van der Waals surface area (Å²) in [6.07, 6.45) is 3.64. The molecule has 0 spiro atoms. The van der Waals surface area contributed by atoms with Gasteiger partial charge in [0, 0.05) is 10.7 Å². The quantitative estimate of drug-likeness (QED) is 0.491. The van der Waals surface area contributed by atoms with Crippen molar-refractivity contribution in [1.29, 1.82) is 0 Å². The number of pyridine rings is 1. The van der Waals surface area contributed by atoms with Gasteiger partial charge in [0.15, 0.2) is 10.6 Å². The summed E-state index contributed by atoms with van der Waals surface area (Å²) in [6.45, 7) is 6.25. The van der Waals surface area contributed by atoms with Crippen LogP contribution in [0.3, 0.4) is 0 Å². The number of aryl methyl sites for hydroxylation is 3. The normalized spacial score (nSPS) is 12.6. The Morgan fingerprint density at radius 1 is 1.12 bits per heavy atom. The van der Waals surface area contributed by atoms with Crippen LogP contribution in [0.2, 0.25) is 0 Å². The summed E-state index contributed by atoms with van der Waals surface area (Å²) < 4.78 is 3.12. The van der Waals surface area contributed by atoms with Crippen molar-refractivity contribution in [3.05, 3.63) is 66.0 Å². The van der Waals surface area contributed by atoms with Gasteiger partial charge in [-0.1, -0.05) is 23.5 Å². The Hall–Kier alpha value is -2.05. The Labute approximate surface area is 150 Å². The monoisotopic (exact) mass is 399 g/mol. The minimum absolute atomic E-state index is 0.0649. The Morgan fingerprint density at radius 3 is 2.67 bits per heavy atom. The first-order valence-electron chi connectivity index (χ1n) is 7.50. The lowest BCUT2D eigenvalue weighted by Crippen LogP contribution is -2.23. The molecule has 4 nitrogen and oxygen atoms in total. The average Bonchev–Trinajstić information content (AvgIpc) is 3.01. The number of aromatic nitrogens is 3. The molecule has 0 N–H and O–H groups in total. The molecule has 3 aromatic heterocycles. The van der Waals surface area contributed by atoms with E-state index < -0.39 is 0 Å². The second-order valence-corrected chi connectivity index (χ2v) is 7.86. The fourth-order valence-electron chi connectivity index (χ4n) is 2.79. The van der Waals surface area contributed by atoms with E-state index in [-0.39, 0.29) is 5.56 Å². The number of thiazole rings is 1. The molecule has 3 heterocycles. The van der Waals surface area contributed by atoms with Crippen LogP contribution >= 0.6 is 27.3 Å². The molecule has 6 heteroatoms. The van der Waals surface area contributed by atoms with Gasteiger partial charge in [-0.05, 0) is 71.1 Å².